The molecule has 0 aliphatic carbocycles. The van der Waals surface area contributed by atoms with Gasteiger partial charge in [-0.25, -0.2) is 9.79 Å². The second kappa shape index (κ2) is 8.61. The number of thiazole rings is 1. The van der Waals surface area contributed by atoms with Crippen molar-refractivity contribution in [2.45, 2.75) is 32.9 Å². The van der Waals surface area contributed by atoms with Crippen LogP contribution in [0.3, 0.4) is 0 Å². The van der Waals surface area contributed by atoms with Crippen LogP contribution >= 0.6 is 22.7 Å². The summed E-state index contributed by atoms with van der Waals surface area (Å²) < 4.78 is 13.5. The third-order valence-corrected chi connectivity index (χ3v) is 7.55. The van der Waals surface area contributed by atoms with Gasteiger partial charge in [0.25, 0.3) is 5.56 Å². The lowest BCUT2D eigenvalue weighted by Crippen LogP contribution is -2.39. The topological polar surface area (TPSA) is 69.9 Å². The predicted octanol–water partition coefficient (Wildman–Crippen LogP) is 3.68. The number of hydrogen-bond donors (Lipinski definition) is 0. The SMILES string of the molecule is CCOC(=O)C1=C(C)N=c2sc(=CC3=Cc4ccccc4OC3C)c(=O)n2C1c1cccs1. The average Bonchev–Trinajstić information content (AvgIpc) is 3.42. The largest absolute Gasteiger partial charge is 0.485 e. The molecule has 1 aromatic carbocycles. The summed E-state index contributed by atoms with van der Waals surface area (Å²) >= 11 is 2.82. The number of benzene rings is 1. The van der Waals surface area contributed by atoms with Crippen LogP contribution in [0, 0.1) is 0 Å². The first-order chi connectivity index (χ1) is 16.0. The van der Waals surface area contributed by atoms with Crippen LogP contribution in [-0.4, -0.2) is 23.2 Å². The highest BCUT2D eigenvalue weighted by molar-refractivity contribution is 7.10. The van der Waals surface area contributed by atoms with E-state index in [2.05, 4.69) is 4.99 Å². The molecule has 3 aromatic rings. The number of ether oxygens (including phenoxy) is 2. The van der Waals surface area contributed by atoms with Crippen LogP contribution in [0.2, 0.25) is 0 Å². The molecule has 2 aliphatic heterocycles. The van der Waals surface area contributed by atoms with Gasteiger partial charge in [0.1, 0.15) is 17.9 Å². The molecule has 0 radical (unpaired) electrons. The van der Waals surface area contributed by atoms with Gasteiger partial charge < -0.3 is 9.47 Å². The first kappa shape index (κ1) is 21.6. The summed E-state index contributed by atoms with van der Waals surface area (Å²) in [5.41, 5.74) is 2.68. The molecule has 2 unspecified atom stereocenters. The van der Waals surface area contributed by atoms with E-state index in [4.69, 9.17) is 9.47 Å². The molecule has 0 N–H and O–H groups in total. The second-order valence-electron chi connectivity index (χ2n) is 7.76. The quantitative estimate of drug-likeness (QED) is 0.537. The molecule has 168 valence electrons. The van der Waals surface area contributed by atoms with E-state index >= 15 is 0 Å². The minimum atomic E-state index is -0.558. The van der Waals surface area contributed by atoms with E-state index in [0.29, 0.717) is 20.6 Å². The van der Waals surface area contributed by atoms with Crippen molar-refractivity contribution in [3.05, 3.63) is 88.7 Å². The molecule has 6 nitrogen and oxygen atoms in total. The number of allylic oxidation sites excluding steroid dienone is 1. The lowest BCUT2D eigenvalue weighted by Gasteiger charge is -2.23. The zero-order chi connectivity index (χ0) is 23.1. The summed E-state index contributed by atoms with van der Waals surface area (Å²) in [7, 11) is 0. The third-order valence-electron chi connectivity index (χ3n) is 5.64. The summed E-state index contributed by atoms with van der Waals surface area (Å²) in [5, 5.41) is 1.94. The monoisotopic (exact) mass is 478 g/mol. The number of rotatable bonds is 4. The van der Waals surface area contributed by atoms with Gasteiger partial charge in [-0.3, -0.25) is 9.36 Å². The summed E-state index contributed by atoms with van der Waals surface area (Å²) in [6.45, 7) is 5.78. The van der Waals surface area contributed by atoms with Crippen LogP contribution in [0.25, 0.3) is 12.2 Å². The van der Waals surface area contributed by atoms with Crippen LogP contribution in [0.5, 0.6) is 5.75 Å². The smallest absolute Gasteiger partial charge is 0.338 e. The number of thiophene rings is 1. The molecule has 0 fully saturated rings. The molecule has 0 bridgehead atoms. The van der Waals surface area contributed by atoms with Gasteiger partial charge in [0.2, 0.25) is 0 Å². The average molecular weight is 479 g/mol. The zero-order valence-corrected chi connectivity index (χ0v) is 20.0. The maximum atomic E-state index is 13.6. The van der Waals surface area contributed by atoms with Crippen molar-refractivity contribution in [2.24, 2.45) is 4.99 Å². The van der Waals surface area contributed by atoms with Crippen molar-refractivity contribution in [3.63, 3.8) is 0 Å². The summed E-state index contributed by atoms with van der Waals surface area (Å²) in [6.07, 6.45) is 3.73. The van der Waals surface area contributed by atoms with Crippen LogP contribution in [-0.2, 0) is 9.53 Å². The molecule has 5 rings (SSSR count). The minimum absolute atomic E-state index is 0.182. The Labute approximate surface area is 198 Å². The summed E-state index contributed by atoms with van der Waals surface area (Å²) in [5.74, 6) is 0.385. The highest BCUT2D eigenvalue weighted by atomic mass is 32.1. The van der Waals surface area contributed by atoms with Crippen LogP contribution in [0.1, 0.15) is 37.3 Å². The maximum absolute atomic E-state index is 13.6. The Bertz CT molecular complexity index is 1480. The molecule has 0 saturated carbocycles. The van der Waals surface area contributed by atoms with Crippen molar-refractivity contribution in [1.29, 1.82) is 0 Å². The van der Waals surface area contributed by atoms with Crippen molar-refractivity contribution in [1.82, 2.24) is 4.57 Å². The fourth-order valence-corrected chi connectivity index (χ4v) is 5.95. The minimum Gasteiger partial charge on any atom is -0.485 e. The number of hydrogen-bond acceptors (Lipinski definition) is 7. The first-order valence-electron chi connectivity index (χ1n) is 10.7. The number of nitrogens with zero attached hydrogens (tertiary/aromatic N) is 2. The van der Waals surface area contributed by atoms with Gasteiger partial charge in [-0.05, 0) is 56.0 Å². The first-order valence-corrected chi connectivity index (χ1v) is 12.4. The molecule has 2 aliphatic rings. The van der Waals surface area contributed by atoms with E-state index in [9.17, 15) is 9.59 Å². The molecule has 4 heterocycles. The summed E-state index contributed by atoms with van der Waals surface area (Å²) in [6, 6.07) is 11.1. The number of carbonyl (C=O) groups excluding carboxylic acids is 1. The van der Waals surface area contributed by atoms with Crippen molar-refractivity contribution >= 4 is 40.8 Å². The molecular weight excluding hydrogens is 456 g/mol. The van der Waals surface area contributed by atoms with Gasteiger partial charge in [0.05, 0.1) is 22.4 Å². The second-order valence-corrected chi connectivity index (χ2v) is 9.75. The third kappa shape index (κ3) is 3.79. The zero-order valence-electron chi connectivity index (χ0n) is 18.4. The summed E-state index contributed by atoms with van der Waals surface area (Å²) in [4.78, 5) is 32.5. The fourth-order valence-electron chi connectivity index (χ4n) is 4.08. The van der Waals surface area contributed by atoms with E-state index in [1.807, 2.05) is 60.9 Å². The van der Waals surface area contributed by atoms with Gasteiger partial charge >= 0.3 is 5.97 Å². The van der Waals surface area contributed by atoms with E-state index in [0.717, 1.165) is 21.8 Å². The van der Waals surface area contributed by atoms with Crippen molar-refractivity contribution in [2.75, 3.05) is 6.61 Å². The van der Waals surface area contributed by atoms with Gasteiger partial charge in [-0.15, -0.1) is 11.3 Å². The predicted molar refractivity (Wildman–Crippen MR) is 130 cm³/mol. The van der Waals surface area contributed by atoms with E-state index in [-0.39, 0.29) is 18.3 Å². The standard InChI is InChI=1S/C25H22N2O4S2/c1-4-30-24(29)21-14(2)26-25-27(22(21)19-10-7-11-32-19)23(28)20(33-25)13-17-12-16-8-5-6-9-18(16)31-15(17)3/h5-13,15,22H,4H2,1-3H3. The van der Waals surface area contributed by atoms with E-state index < -0.39 is 12.0 Å². The molecule has 2 atom stereocenters. The fraction of sp³-hybridized carbons (Fsp3) is 0.240. The lowest BCUT2D eigenvalue weighted by molar-refractivity contribution is -0.139. The maximum Gasteiger partial charge on any atom is 0.338 e. The Morgan fingerprint density at radius 1 is 1.27 bits per heavy atom. The molecule has 8 heteroatoms. The Morgan fingerprint density at radius 2 is 2.09 bits per heavy atom. The molecular formula is C25H22N2O4S2. The van der Waals surface area contributed by atoms with Gasteiger partial charge in [-0.1, -0.05) is 35.6 Å². The van der Waals surface area contributed by atoms with Crippen LogP contribution in [0.4, 0.5) is 0 Å². The normalized spacial score (nSPS) is 19.8. The van der Waals surface area contributed by atoms with Crippen molar-refractivity contribution < 1.29 is 14.3 Å². The number of para-hydroxylation sites is 1. The molecule has 33 heavy (non-hydrogen) atoms. The van der Waals surface area contributed by atoms with Gasteiger partial charge in [0.15, 0.2) is 4.80 Å². The van der Waals surface area contributed by atoms with Crippen molar-refractivity contribution in [3.8, 4) is 5.75 Å². The van der Waals surface area contributed by atoms with Gasteiger partial charge in [0, 0.05) is 10.4 Å². The van der Waals surface area contributed by atoms with E-state index in [1.165, 1.54) is 22.7 Å². The number of esters is 1. The molecule has 2 aromatic heterocycles. The molecule has 0 amide bonds. The van der Waals surface area contributed by atoms with Crippen LogP contribution in [0.15, 0.2) is 68.4 Å². The molecule has 0 saturated heterocycles. The highest BCUT2D eigenvalue weighted by Gasteiger charge is 2.34. The van der Waals surface area contributed by atoms with Gasteiger partial charge in [-0.2, -0.15) is 0 Å². The highest BCUT2D eigenvalue weighted by Crippen LogP contribution is 2.33. The number of carbonyl (C=O) groups is 1. The number of fused-ring (bicyclic) bond motifs is 2. The molecule has 0 spiro atoms. The van der Waals surface area contributed by atoms with Crippen LogP contribution < -0.4 is 19.6 Å². The lowest BCUT2D eigenvalue weighted by atomic mass is 10.0. The number of aromatic nitrogens is 1. The Kier molecular flexibility index (Phi) is 5.64. The van der Waals surface area contributed by atoms with E-state index in [1.54, 1.807) is 18.4 Å². The Balaban J connectivity index is 1.68. The Hall–Kier alpha value is -3.23. The Morgan fingerprint density at radius 3 is 2.85 bits per heavy atom.